The van der Waals surface area contributed by atoms with Crippen LogP contribution in [-0.2, 0) is 10.9 Å². The summed E-state index contributed by atoms with van der Waals surface area (Å²) in [6.07, 6.45) is -0.0812. The molecular weight excluding hydrogens is 359 g/mol. The Balaban J connectivity index is 2.57. The summed E-state index contributed by atoms with van der Waals surface area (Å²) in [4.78, 5) is 10.4. The minimum absolute atomic E-state index is 0.0936. The van der Waals surface area contributed by atoms with Gasteiger partial charge in [0, 0.05) is 6.04 Å². The Morgan fingerprint density at radius 1 is 1.11 bits per heavy atom. The first kappa shape index (κ1) is 21.1. The van der Waals surface area contributed by atoms with Crippen molar-refractivity contribution in [2.45, 2.75) is 58.3 Å². The molecule has 0 fully saturated rings. The van der Waals surface area contributed by atoms with Crippen LogP contribution in [0.25, 0.3) is 0 Å². The molecule has 27 heavy (non-hydrogen) atoms. The second kappa shape index (κ2) is 8.63. The Hall–Kier alpha value is -2.25. The van der Waals surface area contributed by atoms with E-state index in [9.17, 15) is 13.2 Å². The molecule has 0 saturated carbocycles. The molecule has 0 spiro atoms. The summed E-state index contributed by atoms with van der Waals surface area (Å²) in [6, 6.07) is 2.49. The van der Waals surface area contributed by atoms with Gasteiger partial charge in [-0.25, -0.2) is 9.98 Å². The summed E-state index contributed by atoms with van der Waals surface area (Å²) < 4.78 is 49.6. The molecule has 0 bridgehead atoms. The smallest absolute Gasteiger partial charge is 0.433 e. The summed E-state index contributed by atoms with van der Waals surface area (Å²) in [6.45, 7) is 6.23. The number of ether oxygens (including phenoxy) is 2. The number of rotatable bonds is 7. The molecule has 0 aromatic carbocycles. The fourth-order valence-electron chi connectivity index (χ4n) is 3.34. The number of aliphatic imine (C=N–C) groups is 1. The quantitative estimate of drug-likeness (QED) is 0.687. The van der Waals surface area contributed by atoms with E-state index in [0.717, 1.165) is 25.3 Å². The predicted molar refractivity (Wildman–Crippen MR) is 97.7 cm³/mol. The lowest BCUT2D eigenvalue weighted by Gasteiger charge is -2.39. The van der Waals surface area contributed by atoms with Crippen molar-refractivity contribution in [3.8, 4) is 5.88 Å². The van der Waals surface area contributed by atoms with E-state index in [4.69, 9.17) is 9.47 Å². The maximum absolute atomic E-state index is 13.0. The van der Waals surface area contributed by atoms with Crippen molar-refractivity contribution in [1.82, 2.24) is 9.88 Å². The predicted octanol–water partition coefficient (Wildman–Crippen LogP) is 4.63. The van der Waals surface area contributed by atoms with Gasteiger partial charge >= 0.3 is 6.18 Å². The van der Waals surface area contributed by atoms with Gasteiger partial charge in [0.15, 0.2) is 0 Å². The second-order valence-corrected chi connectivity index (χ2v) is 6.26. The molecular formula is C19H26F3N3O2. The minimum Gasteiger partial charge on any atom is -0.481 e. The van der Waals surface area contributed by atoms with Crippen molar-refractivity contribution in [3.05, 3.63) is 35.5 Å². The molecule has 1 aromatic rings. The Kier molecular flexibility index (Phi) is 6.73. The molecule has 2 rings (SSSR count). The van der Waals surface area contributed by atoms with Gasteiger partial charge in [-0.05, 0) is 31.4 Å². The van der Waals surface area contributed by atoms with Gasteiger partial charge < -0.3 is 14.4 Å². The van der Waals surface area contributed by atoms with Crippen LogP contribution in [0, 0.1) is 0 Å². The zero-order valence-electron chi connectivity index (χ0n) is 16.3. The third kappa shape index (κ3) is 4.36. The van der Waals surface area contributed by atoms with Crippen molar-refractivity contribution >= 4 is 5.71 Å². The molecule has 1 aliphatic heterocycles. The topological polar surface area (TPSA) is 47.0 Å². The highest BCUT2D eigenvalue weighted by Gasteiger charge is 2.36. The van der Waals surface area contributed by atoms with Crippen LogP contribution in [0.5, 0.6) is 5.88 Å². The van der Waals surface area contributed by atoms with E-state index in [2.05, 4.69) is 28.7 Å². The van der Waals surface area contributed by atoms with E-state index in [1.807, 2.05) is 13.1 Å². The summed E-state index contributed by atoms with van der Waals surface area (Å²) in [5.41, 5.74) is 0.0460. The first-order chi connectivity index (χ1) is 12.8. The molecule has 8 heteroatoms. The Morgan fingerprint density at radius 3 is 2.26 bits per heavy atom. The van der Waals surface area contributed by atoms with Crippen LogP contribution >= 0.6 is 0 Å². The van der Waals surface area contributed by atoms with E-state index in [-0.39, 0.29) is 18.0 Å². The lowest BCUT2D eigenvalue weighted by Crippen LogP contribution is -2.46. The Morgan fingerprint density at radius 2 is 1.78 bits per heavy atom. The molecule has 1 unspecified atom stereocenters. The molecule has 5 nitrogen and oxygen atoms in total. The van der Waals surface area contributed by atoms with Gasteiger partial charge in [0.2, 0.25) is 11.8 Å². The van der Waals surface area contributed by atoms with Gasteiger partial charge in [-0.15, -0.1) is 0 Å². The highest BCUT2D eigenvalue weighted by Crippen LogP contribution is 2.33. The maximum atomic E-state index is 13.0. The van der Waals surface area contributed by atoms with Crippen molar-refractivity contribution in [2.24, 2.45) is 4.99 Å². The zero-order chi connectivity index (χ0) is 20.2. The summed E-state index contributed by atoms with van der Waals surface area (Å²) in [7, 11) is 2.83. The van der Waals surface area contributed by atoms with E-state index in [1.54, 1.807) is 0 Å². The van der Waals surface area contributed by atoms with Crippen molar-refractivity contribution in [3.63, 3.8) is 0 Å². The van der Waals surface area contributed by atoms with E-state index in [0.29, 0.717) is 17.2 Å². The van der Waals surface area contributed by atoms with Crippen LogP contribution in [0.2, 0.25) is 0 Å². The van der Waals surface area contributed by atoms with E-state index >= 15 is 0 Å². The SMILES string of the molecule is CCC(CC)N1C=C(OC)N=C(c2ccc(C(F)(F)F)nc2OC)C1CC. The minimum atomic E-state index is -4.54. The number of aromatic nitrogens is 1. The first-order valence-electron chi connectivity index (χ1n) is 9.04. The van der Waals surface area contributed by atoms with Crippen LogP contribution in [0.15, 0.2) is 29.2 Å². The number of nitrogens with zero attached hydrogens (tertiary/aromatic N) is 3. The van der Waals surface area contributed by atoms with Crippen LogP contribution < -0.4 is 4.74 Å². The van der Waals surface area contributed by atoms with Crippen molar-refractivity contribution < 1.29 is 22.6 Å². The monoisotopic (exact) mass is 385 g/mol. The van der Waals surface area contributed by atoms with Crippen LogP contribution in [-0.4, -0.2) is 41.9 Å². The van der Waals surface area contributed by atoms with Crippen molar-refractivity contribution in [1.29, 1.82) is 0 Å². The normalized spacial score (nSPS) is 17.7. The van der Waals surface area contributed by atoms with E-state index < -0.39 is 11.9 Å². The average molecular weight is 385 g/mol. The number of methoxy groups -OCH3 is 2. The molecule has 2 heterocycles. The van der Waals surface area contributed by atoms with Gasteiger partial charge in [0.05, 0.1) is 37.7 Å². The number of halogens is 3. The van der Waals surface area contributed by atoms with Crippen LogP contribution in [0.4, 0.5) is 13.2 Å². The standard InChI is InChI=1S/C19H26F3N3O2/c1-6-12(7-2)25-11-16(26-4)24-17(14(25)8-3)13-9-10-15(19(20,21)22)23-18(13)27-5/h9-12,14H,6-8H2,1-5H3. The third-order valence-corrected chi connectivity index (χ3v) is 4.75. The molecule has 0 N–H and O–H groups in total. The van der Waals surface area contributed by atoms with Gasteiger partial charge in [-0.1, -0.05) is 20.8 Å². The molecule has 1 aliphatic rings. The Bertz CT molecular complexity index is 713. The van der Waals surface area contributed by atoms with Gasteiger partial charge in [-0.2, -0.15) is 13.2 Å². The fraction of sp³-hybridized carbons (Fsp3) is 0.579. The van der Waals surface area contributed by atoms with Crippen LogP contribution in [0.3, 0.4) is 0 Å². The Labute approximate surface area is 157 Å². The lowest BCUT2D eigenvalue weighted by molar-refractivity contribution is -0.141. The number of pyridine rings is 1. The number of alkyl halides is 3. The first-order valence-corrected chi connectivity index (χ1v) is 9.04. The summed E-state index contributed by atoms with van der Waals surface area (Å²) in [5, 5.41) is 0. The summed E-state index contributed by atoms with van der Waals surface area (Å²) >= 11 is 0. The fourth-order valence-corrected chi connectivity index (χ4v) is 3.34. The van der Waals surface area contributed by atoms with E-state index in [1.165, 1.54) is 20.3 Å². The second-order valence-electron chi connectivity index (χ2n) is 6.26. The maximum Gasteiger partial charge on any atom is 0.433 e. The highest BCUT2D eigenvalue weighted by molar-refractivity contribution is 6.07. The van der Waals surface area contributed by atoms with Gasteiger partial charge in [0.25, 0.3) is 0 Å². The summed E-state index contributed by atoms with van der Waals surface area (Å²) in [5.74, 6) is 0.312. The lowest BCUT2D eigenvalue weighted by atomic mass is 9.96. The molecule has 0 saturated heterocycles. The third-order valence-electron chi connectivity index (χ3n) is 4.75. The van der Waals surface area contributed by atoms with Crippen molar-refractivity contribution in [2.75, 3.05) is 14.2 Å². The van der Waals surface area contributed by atoms with Gasteiger partial charge in [0.1, 0.15) is 5.69 Å². The zero-order valence-corrected chi connectivity index (χ0v) is 16.3. The largest absolute Gasteiger partial charge is 0.481 e. The number of hydrogen-bond acceptors (Lipinski definition) is 5. The molecule has 0 aliphatic carbocycles. The number of hydrogen-bond donors (Lipinski definition) is 0. The molecule has 1 aromatic heterocycles. The van der Waals surface area contributed by atoms with Crippen LogP contribution in [0.1, 0.15) is 51.3 Å². The average Bonchev–Trinajstić information content (AvgIpc) is 2.67. The molecule has 1 atom stereocenters. The van der Waals surface area contributed by atoms with Gasteiger partial charge in [-0.3, -0.25) is 0 Å². The molecule has 0 radical (unpaired) electrons. The highest BCUT2D eigenvalue weighted by atomic mass is 19.4. The molecule has 0 amide bonds. The molecule has 150 valence electrons.